The van der Waals surface area contributed by atoms with Gasteiger partial charge in [0.1, 0.15) is 0 Å². The van der Waals surface area contributed by atoms with Crippen LogP contribution in [0.2, 0.25) is 0 Å². The Bertz CT molecular complexity index is 790. The summed E-state index contributed by atoms with van der Waals surface area (Å²) >= 11 is 0. The summed E-state index contributed by atoms with van der Waals surface area (Å²) in [6.45, 7) is 18.4. The number of hydrogen-bond donors (Lipinski definition) is 5. The molecule has 3 aliphatic rings. The van der Waals surface area contributed by atoms with E-state index >= 15 is 0 Å². The third-order valence-electron chi connectivity index (χ3n) is 9.24. The summed E-state index contributed by atoms with van der Waals surface area (Å²) in [5.41, 5.74) is 28.3. The first-order valence-corrected chi connectivity index (χ1v) is 14.5. The van der Waals surface area contributed by atoms with Gasteiger partial charge in [0.15, 0.2) is 6.29 Å². The van der Waals surface area contributed by atoms with Crippen LogP contribution < -0.4 is 28.3 Å². The maximum absolute atomic E-state index is 6.79. The van der Waals surface area contributed by atoms with Crippen molar-refractivity contribution in [3.8, 4) is 0 Å². The van der Waals surface area contributed by atoms with Gasteiger partial charge in [-0.1, -0.05) is 66.2 Å². The van der Waals surface area contributed by atoms with Crippen molar-refractivity contribution >= 4 is 0 Å². The van der Waals surface area contributed by atoms with E-state index in [4.69, 9.17) is 37.1 Å². The first-order chi connectivity index (χ1) is 17.4. The Morgan fingerprint density at radius 2 is 1.89 bits per heavy atom. The highest BCUT2D eigenvalue weighted by atomic mass is 16.7. The Morgan fingerprint density at radius 3 is 2.51 bits per heavy atom. The molecule has 2 aliphatic carbocycles. The standard InChI is InChI=1S/C29H55N5O3/c1-8-19-10-11-21(31)24(12-19)36-26-17(4)27(23(13-22(26)32)34-18(5)16(3)14-30)37-28-25(33)20(9-2)29(6,7)15-35-28/h10,16-17,20-28,34H,5,8-9,11-15,30-33H2,1-4,6-7H3/t16-,17-,20+,21+,22?,23+,24-,25?,26-,27+,28?/m0/s1. The number of nitrogens with two attached hydrogens (primary N) is 4. The minimum Gasteiger partial charge on any atom is -0.383 e. The highest BCUT2D eigenvalue weighted by molar-refractivity contribution is 5.11. The smallest absolute Gasteiger partial charge is 0.173 e. The van der Waals surface area contributed by atoms with Crippen molar-refractivity contribution < 1.29 is 14.2 Å². The van der Waals surface area contributed by atoms with Crippen LogP contribution in [0.25, 0.3) is 0 Å². The average Bonchev–Trinajstić information content (AvgIpc) is 2.85. The molecule has 3 unspecified atom stereocenters. The van der Waals surface area contributed by atoms with Gasteiger partial charge in [0.05, 0.1) is 37.0 Å². The molecule has 0 aromatic rings. The van der Waals surface area contributed by atoms with Crippen molar-refractivity contribution in [1.82, 2.24) is 5.32 Å². The summed E-state index contributed by atoms with van der Waals surface area (Å²) in [5, 5.41) is 3.61. The van der Waals surface area contributed by atoms with Crippen molar-refractivity contribution in [2.75, 3.05) is 13.2 Å². The van der Waals surface area contributed by atoms with Crippen molar-refractivity contribution in [1.29, 1.82) is 0 Å². The van der Waals surface area contributed by atoms with Gasteiger partial charge >= 0.3 is 0 Å². The fraction of sp³-hybridized carbons (Fsp3) is 0.862. The molecule has 1 saturated carbocycles. The summed E-state index contributed by atoms with van der Waals surface area (Å²) in [7, 11) is 0. The van der Waals surface area contributed by atoms with E-state index in [0.717, 1.165) is 31.4 Å². The number of rotatable bonds is 10. The maximum Gasteiger partial charge on any atom is 0.173 e. The zero-order chi connectivity index (χ0) is 27.5. The van der Waals surface area contributed by atoms with Gasteiger partial charge in [0, 0.05) is 36.2 Å². The van der Waals surface area contributed by atoms with Gasteiger partial charge in [-0.2, -0.15) is 0 Å². The summed E-state index contributed by atoms with van der Waals surface area (Å²) in [6, 6.07) is -0.465. The van der Waals surface area contributed by atoms with Crippen molar-refractivity contribution in [2.45, 2.75) is 122 Å². The lowest BCUT2D eigenvalue weighted by atomic mass is 9.72. The van der Waals surface area contributed by atoms with Crippen molar-refractivity contribution in [3.05, 3.63) is 23.9 Å². The van der Waals surface area contributed by atoms with Gasteiger partial charge < -0.3 is 42.5 Å². The van der Waals surface area contributed by atoms with Crippen molar-refractivity contribution in [3.63, 3.8) is 0 Å². The summed E-state index contributed by atoms with van der Waals surface area (Å²) < 4.78 is 19.8. The Labute approximate surface area is 225 Å². The fourth-order valence-electron chi connectivity index (χ4n) is 6.53. The molecule has 0 aromatic carbocycles. The van der Waals surface area contributed by atoms with Crippen LogP contribution in [0.1, 0.15) is 73.6 Å². The van der Waals surface area contributed by atoms with E-state index < -0.39 is 6.29 Å². The molecule has 0 amide bonds. The largest absolute Gasteiger partial charge is 0.383 e. The number of ether oxygens (including phenoxy) is 3. The second-order valence-corrected chi connectivity index (χ2v) is 12.5. The first kappa shape index (κ1) is 30.5. The van der Waals surface area contributed by atoms with Crippen LogP contribution in [0.3, 0.4) is 0 Å². The molecular weight excluding hydrogens is 466 g/mol. The number of hydrogen-bond acceptors (Lipinski definition) is 8. The van der Waals surface area contributed by atoms with E-state index in [1.54, 1.807) is 0 Å². The molecule has 0 bridgehead atoms. The van der Waals surface area contributed by atoms with E-state index in [9.17, 15) is 0 Å². The Kier molecular flexibility index (Phi) is 10.6. The third kappa shape index (κ3) is 6.96. The monoisotopic (exact) mass is 521 g/mol. The normalized spacial score (nSPS) is 41.1. The second kappa shape index (κ2) is 12.9. The van der Waals surface area contributed by atoms with E-state index in [1.807, 2.05) is 0 Å². The molecule has 11 atom stereocenters. The highest BCUT2D eigenvalue weighted by Crippen LogP contribution is 2.40. The molecule has 3 rings (SSSR count). The maximum atomic E-state index is 6.79. The van der Waals surface area contributed by atoms with Crippen molar-refractivity contribution in [2.24, 2.45) is 46.1 Å². The minimum atomic E-state index is -0.489. The van der Waals surface area contributed by atoms with E-state index in [2.05, 4.69) is 59.5 Å². The van der Waals surface area contributed by atoms with E-state index in [-0.39, 0.29) is 59.7 Å². The highest BCUT2D eigenvalue weighted by Gasteiger charge is 2.49. The van der Waals surface area contributed by atoms with Crippen LogP contribution in [0.4, 0.5) is 0 Å². The lowest BCUT2D eigenvalue weighted by Crippen LogP contribution is -2.64. The van der Waals surface area contributed by atoms with E-state index in [1.165, 1.54) is 5.57 Å². The molecule has 8 nitrogen and oxygen atoms in total. The van der Waals surface area contributed by atoms with Gasteiger partial charge in [-0.25, -0.2) is 0 Å². The molecule has 0 spiro atoms. The summed E-state index contributed by atoms with van der Waals surface area (Å²) in [6.07, 6.45) is 5.69. The predicted molar refractivity (Wildman–Crippen MR) is 150 cm³/mol. The molecular formula is C29H55N5O3. The van der Waals surface area contributed by atoms with Gasteiger partial charge in [-0.05, 0) is 37.0 Å². The van der Waals surface area contributed by atoms with Gasteiger partial charge in [0.2, 0.25) is 0 Å². The lowest BCUT2D eigenvalue weighted by molar-refractivity contribution is -0.259. The average molecular weight is 522 g/mol. The summed E-state index contributed by atoms with van der Waals surface area (Å²) in [4.78, 5) is 0. The zero-order valence-corrected chi connectivity index (χ0v) is 24.1. The molecule has 1 aliphatic heterocycles. The lowest BCUT2D eigenvalue weighted by Gasteiger charge is -2.51. The first-order valence-electron chi connectivity index (χ1n) is 14.5. The molecule has 8 heteroatoms. The van der Waals surface area contributed by atoms with Crippen LogP contribution in [-0.4, -0.2) is 61.9 Å². The molecule has 9 N–H and O–H groups in total. The quantitative estimate of drug-likeness (QED) is 0.276. The van der Waals surface area contributed by atoms with Crippen LogP contribution in [0.5, 0.6) is 0 Å². The molecule has 214 valence electrons. The van der Waals surface area contributed by atoms with Crippen LogP contribution in [0, 0.1) is 23.2 Å². The third-order valence-corrected chi connectivity index (χ3v) is 9.24. The SMILES string of the molecule is C=C(N[C@@H]1CC(N)[C@@H](O[C@H]2CC(CC)=CC[C@H]2N)[C@H](C)[C@H]1OC1OCC(C)(C)[C@H](CC)C1N)[C@@H](C)CN. The fourth-order valence-corrected chi connectivity index (χ4v) is 6.53. The van der Waals surface area contributed by atoms with Crippen LogP contribution in [0.15, 0.2) is 23.9 Å². The molecule has 1 heterocycles. The molecule has 2 fully saturated rings. The van der Waals surface area contributed by atoms with Gasteiger partial charge in [0.25, 0.3) is 0 Å². The Morgan fingerprint density at radius 1 is 1.19 bits per heavy atom. The molecule has 0 aromatic heterocycles. The van der Waals surface area contributed by atoms with Gasteiger partial charge in [-0.15, -0.1) is 0 Å². The van der Waals surface area contributed by atoms with E-state index in [0.29, 0.717) is 25.5 Å². The predicted octanol–water partition coefficient (Wildman–Crippen LogP) is 2.75. The van der Waals surface area contributed by atoms with Crippen LogP contribution >= 0.6 is 0 Å². The zero-order valence-electron chi connectivity index (χ0n) is 24.1. The van der Waals surface area contributed by atoms with Crippen LogP contribution in [-0.2, 0) is 14.2 Å². The number of nitrogens with one attached hydrogen (secondary N) is 1. The Balaban J connectivity index is 1.82. The molecule has 0 radical (unpaired) electrons. The van der Waals surface area contributed by atoms with Gasteiger partial charge in [-0.3, -0.25) is 0 Å². The Hall–Kier alpha value is -1.00. The topological polar surface area (TPSA) is 144 Å². The second-order valence-electron chi connectivity index (χ2n) is 12.5. The molecule has 1 saturated heterocycles. The minimum absolute atomic E-state index is 0.00349. The summed E-state index contributed by atoms with van der Waals surface area (Å²) in [5.74, 6) is 0.438. The molecule has 37 heavy (non-hydrogen) atoms.